The topological polar surface area (TPSA) is 29.5 Å². The van der Waals surface area contributed by atoms with E-state index in [1.807, 2.05) is 25.1 Å². The van der Waals surface area contributed by atoms with Crippen molar-refractivity contribution in [2.45, 2.75) is 25.9 Å². The molecular weight excluding hydrogens is 200 g/mol. The normalized spacial score (nSPS) is 12.5. The first-order valence-electron chi connectivity index (χ1n) is 4.79. The zero-order valence-electron chi connectivity index (χ0n) is 8.24. The predicted octanol–water partition coefficient (Wildman–Crippen LogP) is 2.88. The minimum absolute atomic E-state index is 0.280. The van der Waals surface area contributed by atoms with Crippen molar-refractivity contribution >= 4 is 11.6 Å². The molecule has 1 rings (SSSR count). The van der Waals surface area contributed by atoms with Gasteiger partial charge in [-0.05, 0) is 18.6 Å². The number of aliphatic hydroxyl groups excluding tert-OH is 1. The number of para-hydroxylation sites is 1. The third-order valence-electron chi connectivity index (χ3n) is 2.02. The molecule has 1 aromatic carbocycles. The van der Waals surface area contributed by atoms with Crippen molar-refractivity contribution in [3.05, 3.63) is 29.3 Å². The van der Waals surface area contributed by atoms with E-state index in [4.69, 9.17) is 16.3 Å². The van der Waals surface area contributed by atoms with Crippen LogP contribution in [0.5, 0.6) is 5.75 Å². The second-order valence-electron chi connectivity index (χ2n) is 3.13. The third kappa shape index (κ3) is 3.56. The summed E-state index contributed by atoms with van der Waals surface area (Å²) in [6, 6.07) is 7.33. The SMILES string of the molecule is CCC(O)CCOc1ccccc1Cl. The maximum absolute atomic E-state index is 9.29. The van der Waals surface area contributed by atoms with Crippen molar-refractivity contribution in [1.29, 1.82) is 0 Å². The molecule has 0 saturated carbocycles. The van der Waals surface area contributed by atoms with Gasteiger partial charge in [-0.3, -0.25) is 0 Å². The van der Waals surface area contributed by atoms with Crippen LogP contribution in [0.25, 0.3) is 0 Å². The van der Waals surface area contributed by atoms with E-state index < -0.39 is 0 Å². The summed E-state index contributed by atoms with van der Waals surface area (Å²) in [5.41, 5.74) is 0. The van der Waals surface area contributed by atoms with Crippen molar-refractivity contribution < 1.29 is 9.84 Å². The van der Waals surface area contributed by atoms with Crippen LogP contribution in [-0.4, -0.2) is 17.8 Å². The van der Waals surface area contributed by atoms with Crippen molar-refractivity contribution in [3.63, 3.8) is 0 Å². The number of halogens is 1. The van der Waals surface area contributed by atoms with E-state index in [9.17, 15) is 5.11 Å². The maximum atomic E-state index is 9.29. The summed E-state index contributed by atoms with van der Waals surface area (Å²) in [6.45, 7) is 2.44. The lowest BCUT2D eigenvalue weighted by Crippen LogP contribution is -2.10. The lowest BCUT2D eigenvalue weighted by atomic mass is 10.2. The maximum Gasteiger partial charge on any atom is 0.137 e. The summed E-state index contributed by atoms with van der Waals surface area (Å²) in [5.74, 6) is 0.678. The van der Waals surface area contributed by atoms with E-state index in [0.717, 1.165) is 6.42 Å². The van der Waals surface area contributed by atoms with Crippen LogP contribution in [0.4, 0.5) is 0 Å². The monoisotopic (exact) mass is 214 g/mol. The lowest BCUT2D eigenvalue weighted by molar-refractivity contribution is 0.135. The Balaban J connectivity index is 2.35. The summed E-state index contributed by atoms with van der Waals surface area (Å²) in [5, 5.41) is 9.90. The van der Waals surface area contributed by atoms with Crippen LogP contribution in [0.1, 0.15) is 19.8 Å². The molecule has 1 aromatic rings. The second kappa shape index (κ2) is 5.89. The molecule has 0 aromatic heterocycles. The van der Waals surface area contributed by atoms with Crippen LogP contribution < -0.4 is 4.74 Å². The van der Waals surface area contributed by atoms with Gasteiger partial charge in [-0.1, -0.05) is 30.7 Å². The van der Waals surface area contributed by atoms with Gasteiger partial charge in [-0.15, -0.1) is 0 Å². The molecule has 0 fully saturated rings. The molecule has 0 saturated heterocycles. The summed E-state index contributed by atoms with van der Waals surface area (Å²) in [4.78, 5) is 0. The zero-order chi connectivity index (χ0) is 10.4. The van der Waals surface area contributed by atoms with E-state index in [0.29, 0.717) is 23.8 Å². The molecule has 0 radical (unpaired) electrons. The molecule has 1 unspecified atom stereocenters. The first kappa shape index (κ1) is 11.3. The minimum atomic E-state index is -0.280. The predicted molar refractivity (Wildman–Crippen MR) is 57.9 cm³/mol. The fraction of sp³-hybridized carbons (Fsp3) is 0.455. The van der Waals surface area contributed by atoms with Crippen molar-refractivity contribution in [2.75, 3.05) is 6.61 Å². The largest absolute Gasteiger partial charge is 0.492 e. The highest BCUT2D eigenvalue weighted by atomic mass is 35.5. The Hall–Kier alpha value is -0.730. The standard InChI is InChI=1S/C11H15ClO2/c1-2-9(13)7-8-14-11-6-4-3-5-10(11)12/h3-6,9,13H,2,7-8H2,1H3. The van der Waals surface area contributed by atoms with Gasteiger partial charge in [0.1, 0.15) is 5.75 Å². The van der Waals surface area contributed by atoms with Crippen LogP contribution in [0.3, 0.4) is 0 Å². The van der Waals surface area contributed by atoms with Gasteiger partial charge in [0.2, 0.25) is 0 Å². The highest BCUT2D eigenvalue weighted by Gasteiger charge is 2.02. The lowest BCUT2D eigenvalue weighted by Gasteiger charge is -2.10. The molecule has 0 aliphatic heterocycles. The molecule has 14 heavy (non-hydrogen) atoms. The smallest absolute Gasteiger partial charge is 0.137 e. The van der Waals surface area contributed by atoms with Crippen molar-refractivity contribution in [3.8, 4) is 5.75 Å². The number of aliphatic hydroxyl groups is 1. The molecule has 78 valence electrons. The minimum Gasteiger partial charge on any atom is -0.492 e. The number of rotatable bonds is 5. The van der Waals surface area contributed by atoms with Gasteiger partial charge < -0.3 is 9.84 Å². The Morgan fingerprint density at radius 1 is 1.43 bits per heavy atom. The van der Waals surface area contributed by atoms with Gasteiger partial charge in [0.15, 0.2) is 0 Å². The van der Waals surface area contributed by atoms with Gasteiger partial charge in [-0.25, -0.2) is 0 Å². The fourth-order valence-electron chi connectivity index (χ4n) is 1.07. The third-order valence-corrected chi connectivity index (χ3v) is 2.33. The average Bonchev–Trinajstić information content (AvgIpc) is 2.20. The Kier molecular flexibility index (Phi) is 4.77. The van der Waals surface area contributed by atoms with Gasteiger partial charge in [0.05, 0.1) is 17.7 Å². The molecule has 0 heterocycles. The van der Waals surface area contributed by atoms with Crippen LogP contribution in [0.2, 0.25) is 5.02 Å². The molecule has 0 aliphatic rings. The van der Waals surface area contributed by atoms with E-state index >= 15 is 0 Å². The van der Waals surface area contributed by atoms with E-state index in [1.54, 1.807) is 6.07 Å². The molecular formula is C11H15ClO2. The molecule has 2 nitrogen and oxygen atoms in total. The van der Waals surface area contributed by atoms with Crippen LogP contribution >= 0.6 is 11.6 Å². The Morgan fingerprint density at radius 3 is 2.79 bits per heavy atom. The highest BCUT2D eigenvalue weighted by Crippen LogP contribution is 2.23. The highest BCUT2D eigenvalue weighted by molar-refractivity contribution is 6.32. The molecule has 0 bridgehead atoms. The number of hydrogen-bond acceptors (Lipinski definition) is 2. The van der Waals surface area contributed by atoms with Gasteiger partial charge >= 0.3 is 0 Å². The summed E-state index contributed by atoms with van der Waals surface area (Å²) in [7, 11) is 0. The summed E-state index contributed by atoms with van der Waals surface area (Å²) >= 11 is 5.89. The van der Waals surface area contributed by atoms with Crippen LogP contribution in [0, 0.1) is 0 Å². The van der Waals surface area contributed by atoms with Gasteiger partial charge in [0, 0.05) is 6.42 Å². The van der Waals surface area contributed by atoms with Crippen LogP contribution in [0.15, 0.2) is 24.3 Å². The summed E-state index contributed by atoms with van der Waals surface area (Å²) < 4.78 is 5.42. The van der Waals surface area contributed by atoms with Gasteiger partial charge in [-0.2, -0.15) is 0 Å². The van der Waals surface area contributed by atoms with Crippen LogP contribution in [-0.2, 0) is 0 Å². The number of benzene rings is 1. The Bertz CT molecular complexity index is 276. The van der Waals surface area contributed by atoms with E-state index in [1.165, 1.54) is 0 Å². The zero-order valence-corrected chi connectivity index (χ0v) is 9.00. The number of hydrogen-bond donors (Lipinski definition) is 1. The first-order chi connectivity index (χ1) is 6.74. The average molecular weight is 215 g/mol. The Labute approximate surface area is 89.5 Å². The fourth-order valence-corrected chi connectivity index (χ4v) is 1.26. The van der Waals surface area contributed by atoms with Crippen molar-refractivity contribution in [1.82, 2.24) is 0 Å². The van der Waals surface area contributed by atoms with E-state index in [-0.39, 0.29) is 6.10 Å². The molecule has 1 N–H and O–H groups in total. The Morgan fingerprint density at radius 2 is 2.14 bits per heavy atom. The van der Waals surface area contributed by atoms with Gasteiger partial charge in [0.25, 0.3) is 0 Å². The second-order valence-corrected chi connectivity index (χ2v) is 3.54. The molecule has 3 heteroatoms. The summed E-state index contributed by atoms with van der Waals surface area (Å²) in [6.07, 6.45) is 1.12. The van der Waals surface area contributed by atoms with E-state index in [2.05, 4.69) is 0 Å². The molecule has 0 aliphatic carbocycles. The quantitative estimate of drug-likeness (QED) is 0.817. The number of ether oxygens (including phenoxy) is 1. The molecule has 1 atom stereocenters. The first-order valence-corrected chi connectivity index (χ1v) is 5.17. The van der Waals surface area contributed by atoms with Crippen molar-refractivity contribution in [2.24, 2.45) is 0 Å². The molecule has 0 spiro atoms. The molecule has 0 amide bonds.